The molecule has 7 nitrogen and oxygen atoms in total. The molecule has 0 spiro atoms. The maximum Gasteiger partial charge on any atom is 0.251 e. The van der Waals surface area contributed by atoms with Crippen LogP contribution in [0.5, 0.6) is 17.2 Å². The second-order valence-electron chi connectivity index (χ2n) is 5.43. The van der Waals surface area contributed by atoms with Crippen LogP contribution in [0.25, 0.3) is 0 Å². The van der Waals surface area contributed by atoms with Gasteiger partial charge < -0.3 is 24.8 Å². The fourth-order valence-electron chi connectivity index (χ4n) is 2.37. The van der Waals surface area contributed by atoms with Gasteiger partial charge in [-0.1, -0.05) is 11.6 Å². The summed E-state index contributed by atoms with van der Waals surface area (Å²) in [6.07, 6.45) is 0. The number of methoxy groups -OCH3 is 3. The van der Waals surface area contributed by atoms with E-state index in [2.05, 4.69) is 10.6 Å². The molecule has 8 heteroatoms. The van der Waals surface area contributed by atoms with E-state index in [1.54, 1.807) is 36.4 Å². The van der Waals surface area contributed by atoms with Crippen LogP contribution in [0.4, 0.5) is 0 Å². The van der Waals surface area contributed by atoms with Crippen LogP contribution in [-0.2, 0) is 0 Å². The van der Waals surface area contributed by atoms with Gasteiger partial charge in [-0.15, -0.1) is 0 Å². The second-order valence-corrected chi connectivity index (χ2v) is 5.87. The first kappa shape index (κ1) is 20.4. The molecule has 0 heterocycles. The Bertz CT molecular complexity index is 783. The normalized spacial score (nSPS) is 10.1. The van der Waals surface area contributed by atoms with Gasteiger partial charge in [-0.05, 0) is 36.4 Å². The van der Waals surface area contributed by atoms with Crippen LogP contribution in [0.15, 0.2) is 36.4 Å². The summed E-state index contributed by atoms with van der Waals surface area (Å²) in [6, 6.07) is 9.66. The monoisotopic (exact) mass is 392 g/mol. The Balaban J connectivity index is 1.92. The molecule has 0 radical (unpaired) electrons. The lowest BCUT2D eigenvalue weighted by atomic mass is 10.1. The van der Waals surface area contributed by atoms with Crippen molar-refractivity contribution in [1.82, 2.24) is 10.6 Å². The van der Waals surface area contributed by atoms with Crippen molar-refractivity contribution in [1.29, 1.82) is 0 Å². The van der Waals surface area contributed by atoms with Crippen LogP contribution in [0.3, 0.4) is 0 Å². The number of carbonyl (C=O) groups excluding carboxylic acids is 2. The number of carbonyl (C=O) groups is 2. The minimum Gasteiger partial charge on any atom is -0.493 e. The number of halogens is 1. The van der Waals surface area contributed by atoms with Crippen LogP contribution >= 0.6 is 11.6 Å². The molecule has 2 N–H and O–H groups in total. The van der Waals surface area contributed by atoms with Crippen molar-refractivity contribution < 1.29 is 23.8 Å². The van der Waals surface area contributed by atoms with Crippen molar-refractivity contribution in [3.8, 4) is 17.2 Å². The van der Waals surface area contributed by atoms with Crippen LogP contribution in [0.1, 0.15) is 20.7 Å². The highest BCUT2D eigenvalue weighted by molar-refractivity contribution is 6.30. The third kappa shape index (κ3) is 5.27. The average Bonchev–Trinajstić information content (AvgIpc) is 2.70. The minimum atomic E-state index is -0.324. The Labute approximate surface area is 162 Å². The summed E-state index contributed by atoms with van der Waals surface area (Å²) < 4.78 is 15.7. The largest absolute Gasteiger partial charge is 0.493 e. The molecule has 144 valence electrons. The third-order valence-corrected chi connectivity index (χ3v) is 3.98. The smallest absolute Gasteiger partial charge is 0.251 e. The molecule has 2 aromatic rings. The number of hydrogen-bond donors (Lipinski definition) is 2. The van der Waals surface area contributed by atoms with Crippen molar-refractivity contribution in [2.24, 2.45) is 0 Å². The predicted octanol–water partition coefficient (Wildman–Crippen LogP) is 2.53. The first-order valence-corrected chi connectivity index (χ1v) is 8.50. The summed E-state index contributed by atoms with van der Waals surface area (Å²) in [5.41, 5.74) is 0.851. The van der Waals surface area contributed by atoms with Crippen molar-refractivity contribution in [3.63, 3.8) is 0 Å². The maximum atomic E-state index is 12.3. The molecular formula is C19H21ClN2O5. The number of ether oxygens (including phenoxy) is 3. The van der Waals surface area contributed by atoms with Gasteiger partial charge in [0.2, 0.25) is 5.75 Å². The Morgan fingerprint density at radius 2 is 1.30 bits per heavy atom. The molecule has 0 fully saturated rings. The zero-order valence-corrected chi connectivity index (χ0v) is 16.1. The molecule has 2 amide bonds. The van der Waals surface area contributed by atoms with Crippen molar-refractivity contribution >= 4 is 23.4 Å². The molecule has 0 unspecified atom stereocenters. The van der Waals surface area contributed by atoms with Gasteiger partial charge in [0.1, 0.15) is 0 Å². The summed E-state index contributed by atoms with van der Waals surface area (Å²) in [4.78, 5) is 24.3. The molecule has 0 aliphatic heterocycles. The lowest BCUT2D eigenvalue weighted by Gasteiger charge is -2.14. The van der Waals surface area contributed by atoms with E-state index in [0.717, 1.165) is 0 Å². The van der Waals surface area contributed by atoms with Gasteiger partial charge in [0, 0.05) is 29.2 Å². The SMILES string of the molecule is COc1cc(C(=O)NCCNC(=O)c2ccc(Cl)cc2)cc(OC)c1OC. The van der Waals surface area contributed by atoms with Crippen molar-refractivity contribution in [2.45, 2.75) is 0 Å². The summed E-state index contributed by atoms with van der Waals surface area (Å²) in [5, 5.41) is 6.01. The number of rotatable bonds is 8. The van der Waals surface area contributed by atoms with Gasteiger partial charge >= 0.3 is 0 Å². The second kappa shape index (κ2) is 9.68. The fraction of sp³-hybridized carbons (Fsp3) is 0.263. The molecule has 0 saturated heterocycles. The molecule has 0 atom stereocenters. The average molecular weight is 393 g/mol. The summed E-state index contributed by atoms with van der Waals surface area (Å²) in [5.74, 6) is 0.617. The van der Waals surface area contributed by atoms with Gasteiger partial charge in [-0.3, -0.25) is 9.59 Å². The van der Waals surface area contributed by atoms with E-state index in [1.807, 2.05) is 0 Å². The van der Waals surface area contributed by atoms with Gasteiger partial charge in [-0.25, -0.2) is 0 Å². The standard InChI is InChI=1S/C19H21ClN2O5/c1-25-15-10-13(11-16(26-2)17(15)27-3)19(24)22-9-8-21-18(23)12-4-6-14(20)7-5-12/h4-7,10-11H,8-9H2,1-3H3,(H,21,23)(H,22,24). The Morgan fingerprint density at radius 3 is 1.74 bits per heavy atom. The van der Waals surface area contributed by atoms with E-state index in [9.17, 15) is 9.59 Å². The Hall–Kier alpha value is -2.93. The number of hydrogen-bond acceptors (Lipinski definition) is 5. The Kier molecular flexibility index (Phi) is 7.31. The summed E-state index contributed by atoms with van der Waals surface area (Å²) in [7, 11) is 4.44. The molecule has 2 aromatic carbocycles. The first-order chi connectivity index (χ1) is 13.0. The third-order valence-electron chi connectivity index (χ3n) is 3.73. The van der Waals surface area contributed by atoms with Crippen molar-refractivity contribution in [2.75, 3.05) is 34.4 Å². The minimum absolute atomic E-state index is 0.242. The molecule has 0 aliphatic carbocycles. The molecule has 2 rings (SSSR count). The van der Waals surface area contributed by atoms with Crippen molar-refractivity contribution in [3.05, 3.63) is 52.5 Å². The molecular weight excluding hydrogens is 372 g/mol. The predicted molar refractivity (Wildman–Crippen MR) is 102 cm³/mol. The summed E-state index contributed by atoms with van der Waals surface area (Å²) >= 11 is 5.79. The van der Waals surface area contributed by atoms with Gasteiger partial charge in [0.15, 0.2) is 11.5 Å². The fourth-order valence-corrected chi connectivity index (χ4v) is 2.50. The number of amides is 2. The number of benzene rings is 2. The maximum absolute atomic E-state index is 12.3. The molecule has 0 aliphatic rings. The topological polar surface area (TPSA) is 85.9 Å². The van der Waals surface area contributed by atoms with Gasteiger partial charge in [0.25, 0.3) is 11.8 Å². The molecule has 0 aromatic heterocycles. The van der Waals surface area contributed by atoms with Crippen LogP contribution < -0.4 is 24.8 Å². The quantitative estimate of drug-likeness (QED) is 0.674. The van der Waals surface area contributed by atoms with E-state index < -0.39 is 0 Å². The van der Waals surface area contributed by atoms with Crippen LogP contribution in [-0.4, -0.2) is 46.2 Å². The van der Waals surface area contributed by atoms with Gasteiger partial charge in [-0.2, -0.15) is 0 Å². The highest BCUT2D eigenvalue weighted by atomic mass is 35.5. The van der Waals surface area contributed by atoms with Crippen LogP contribution in [0.2, 0.25) is 5.02 Å². The number of nitrogens with one attached hydrogen (secondary N) is 2. The highest BCUT2D eigenvalue weighted by Gasteiger charge is 2.16. The Morgan fingerprint density at radius 1 is 0.815 bits per heavy atom. The van der Waals surface area contributed by atoms with Gasteiger partial charge in [0.05, 0.1) is 21.3 Å². The van der Waals surface area contributed by atoms with E-state index in [0.29, 0.717) is 33.4 Å². The van der Waals surface area contributed by atoms with E-state index in [4.69, 9.17) is 25.8 Å². The van der Waals surface area contributed by atoms with Crippen LogP contribution in [0, 0.1) is 0 Å². The molecule has 27 heavy (non-hydrogen) atoms. The first-order valence-electron chi connectivity index (χ1n) is 8.12. The summed E-state index contributed by atoms with van der Waals surface area (Å²) in [6.45, 7) is 0.534. The lowest BCUT2D eigenvalue weighted by molar-refractivity contribution is 0.0927. The van der Waals surface area contributed by atoms with E-state index in [-0.39, 0.29) is 24.9 Å². The highest BCUT2D eigenvalue weighted by Crippen LogP contribution is 2.38. The lowest BCUT2D eigenvalue weighted by Crippen LogP contribution is -2.34. The van der Waals surface area contributed by atoms with E-state index in [1.165, 1.54) is 21.3 Å². The molecule has 0 saturated carbocycles. The zero-order valence-electron chi connectivity index (χ0n) is 15.3. The zero-order chi connectivity index (χ0) is 19.8. The van der Waals surface area contributed by atoms with E-state index >= 15 is 0 Å². The molecule has 0 bridgehead atoms.